The summed E-state index contributed by atoms with van der Waals surface area (Å²) in [6, 6.07) is 7.14. The first kappa shape index (κ1) is 12.0. The van der Waals surface area contributed by atoms with Gasteiger partial charge in [-0.25, -0.2) is 0 Å². The standard InChI is InChI=1S/C12H11N5O/c1-12(7-15-16-14)9-5-8(6-13)3-4-10(9)17(2)11(12)18/h3-5H,7H2,1-2H3. The van der Waals surface area contributed by atoms with Gasteiger partial charge >= 0.3 is 0 Å². The predicted molar refractivity (Wildman–Crippen MR) is 65.9 cm³/mol. The Morgan fingerprint density at radius 3 is 2.94 bits per heavy atom. The summed E-state index contributed by atoms with van der Waals surface area (Å²) < 4.78 is 0. The summed E-state index contributed by atoms with van der Waals surface area (Å²) in [6.45, 7) is 1.78. The van der Waals surface area contributed by atoms with E-state index in [1.54, 1.807) is 32.2 Å². The normalized spacial score (nSPS) is 21.2. The number of likely N-dealkylation sites (N-methyl/N-ethyl adjacent to an activating group) is 1. The summed E-state index contributed by atoms with van der Waals surface area (Å²) in [5.41, 5.74) is 9.52. The number of azide groups is 1. The molecule has 1 amide bonds. The van der Waals surface area contributed by atoms with Crippen LogP contribution in [-0.4, -0.2) is 19.5 Å². The number of anilines is 1. The van der Waals surface area contributed by atoms with Crippen molar-refractivity contribution in [2.75, 3.05) is 18.5 Å². The van der Waals surface area contributed by atoms with Crippen molar-refractivity contribution in [3.05, 3.63) is 39.8 Å². The Labute approximate surface area is 104 Å². The molecule has 0 N–H and O–H groups in total. The third-order valence-electron chi connectivity index (χ3n) is 3.31. The van der Waals surface area contributed by atoms with Gasteiger partial charge in [-0.05, 0) is 36.2 Å². The maximum absolute atomic E-state index is 12.2. The van der Waals surface area contributed by atoms with E-state index in [1.807, 2.05) is 6.07 Å². The van der Waals surface area contributed by atoms with Gasteiger partial charge in [0, 0.05) is 24.2 Å². The zero-order valence-electron chi connectivity index (χ0n) is 10.1. The first-order valence-corrected chi connectivity index (χ1v) is 5.38. The molecule has 1 heterocycles. The average Bonchev–Trinajstić information content (AvgIpc) is 2.59. The van der Waals surface area contributed by atoms with E-state index in [1.165, 1.54) is 4.90 Å². The molecule has 0 saturated carbocycles. The molecule has 0 saturated heterocycles. The first-order valence-electron chi connectivity index (χ1n) is 5.38. The van der Waals surface area contributed by atoms with Gasteiger partial charge in [-0.3, -0.25) is 4.79 Å². The van der Waals surface area contributed by atoms with Gasteiger partial charge in [0.2, 0.25) is 5.91 Å². The number of rotatable bonds is 2. The van der Waals surface area contributed by atoms with Crippen molar-refractivity contribution in [3.8, 4) is 6.07 Å². The number of amides is 1. The molecule has 1 aromatic carbocycles. The highest BCUT2D eigenvalue weighted by Gasteiger charge is 2.45. The zero-order chi connectivity index (χ0) is 13.3. The molecule has 6 heteroatoms. The fourth-order valence-corrected chi connectivity index (χ4v) is 2.26. The van der Waals surface area contributed by atoms with Gasteiger partial charge in [0.05, 0.1) is 17.0 Å². The van der Waals surface area contributed by atoms with Crippen molar-refractivity contribution in [3.63, 3.8) is 0 Å². The molecule has 18 heavy (non-hydrogen) atoms. The second-order valence-electron chi connectivity index (χ2n) is 4.43. The third-order valence-corrected chi connectivity index (χ3v) is 3.31. The molecule has 1 unspecified atom stereocenters. The monoisotopic (exact) mass is 241 g/mol. The van der Waals surface area contributed by atoms with Crippen molar-refractivity contribution >= 4 is 11.6 Å². The molecular weight excluding hydrogens is 230 g/mol. The Morgan fingerprint density at radius 1 is 1.61 bits per heavy atom. The molecule has 0 radical (unpaired) electrons. The average molecular weight is 241 g/mol. The fraction of sp³-hybridized carbons (Fsp3) is 0.333. The van der Waals surface area contributed by atoms with Gasteiger partial charge in [-0.1, -0.05) is 5.11 Å². The van der Waals surface area contributed by atoms with Crippen molar-refractivity contribution in [1.82, 2.24) is 0 Å². The summed E-state index contributed by atoms with van der Waals surface area (Å²) >= 11 is 0. The minimum Gasteiger partial charge on any atom is -0.314 e. The van der Waals surface area contributed by atoms with E-state index >= 15 is 0 Å². The van der Waals surface area contributed by atoms with Crippen LogP contribution in [0.1, 0.15) is 18.1 Å². The highest BCUT2D eigenvalue weighted by Crippen LogP contribution is 2.41. The quantitative estimate of drug-likeness (QED) is 0.450. The van der Waals surface area contributed by atoms with Crippen molar-refractivity contribution in [1.29, 1.82) is 5.26 Å². The van der Waals surface area contributed by atoms with Crippen molar-refractivity contribution in [2.45, 2.75) is 12.3 Å². The number of hydrogen-bond acceptors (Lipinski definition) is 3. The van der Waals surface area contributed by atoms with Crippen LogP contribution in [0.4, 0.5) is 5.69 Å². The number of nitrogens with zero attached hydrogens (tertiary/aromatic N) is 5. The Hall–Kier alpha value is -2.51. The molecule has 1 atom stereocenters. The smallest absolute Gasteiger partial charge is 0.237 e. The van der Waals surface area contributed by atoms with Crippen LogP contribution in [-0.2, 0) is 10.2 Å². The van der Waals surface area contributed by atoms with Gasteiger partial charge in [0.1, 0.15) is 0 Å². The van der Waals surface area contributed by atoms with Gasteiger partial charge in [0.25, 0.3) is 0 Å². The Balaban J connectivity index is 2.62. The summed E-state index contributed by atoms with van der Waals surface area (Å²) in [5.74, 6) is -0.125. The number of benzene rings is 1. The van der Waals surface area contributed by atoms with E-state index in [4.69, 9.17) is 10.8 Å². The summed E-state index contributed by atoms with van der Waals surface area (Å²) in [5, 5.41) is 12.4. The molecule has 1 aliphatic rings. The minimum atomic E-state index is -0.886. The van der Waals surface area contributed by atoms with Crippen LogP contribution in [0.15, 0.2) is 23.3 Å². The van der Waals surface area contributed by atoms with E-state index in [-0.39, 0.29) is 12.5 Å². The molecule has 6 nitrogen and oxygen atoms in total. The number of fused-ring (bicyclic) bond motifs is 1. The van der Waals surface area contributed by atoms with Gasteiger partial charge in [-0.15, -0.1) is 0 Å². The Kier molecular flexibility index (Phi) is 2.70. The van der Waals surface area contributed by atoms with Crippen LogP contribution >= 0.6 is 0 Å². The molecule has 0 fully saturated rings. The highest BCUT2D eigenvalue weighted by molar-refractivity contribution is 6.07. The van der Waals surface area contributed by atoms with Crippen LogP contribution in [0.3, 0.4) is 0 Å². The van der Waals surface area contributed by atoms with E-state index in [9.17, 15) is 4.79 Å². The van der Waals surface area contributed by atoms with Crippen LogP contribution < -0.4 is 4.90 Å². The molecule has 2 rings (SSSR count). The van der Waals surface area contributed by atoms with E-state index < -0.39 is 5.41 Å². The lowest BCUT2D eigenvalue weighted by molar-refractivity contribution is -0.122. The maximum atomic E-state index is 12.2. The largest absolute Gasteiger partial charge is 0.314 e. The molecule has 1 aromatic rings. The summed E-state index contributed by atoms with van der Waals surface area (Å²) in [6.07, 6.45) is 0. The number of carbonyl (C=O) groups excluding carboxylic acids is 1. The minimum absolute atomic E-state index is 0.0502. The van der Waals surface area contributed by atoms with Crippen molar-refractivity contribution < 1.29 is 4.79 Å². The van der Waals surface area contributed by atoms with Gasteiger partial charge in [0.15, 0.2) is 0 Å². The lowest BCUT2D eigenvalue weighted by Crippen LogP contribution is -2.38. The van der Waals surface area contributed by atoms with Crippen LogP contribution in [0.25, 0.3) is 10.4 Å². The fourth-order valence-electron chi connectivity index (χ4n) is 2.26. The molecule has 0 bridgehead atoms. The lowest BCUT2D eigenvalue weighted by atomic mass is 9.83. The van der Waals surface area contributed by atoms with Gasteiger partial charge < -0.3 is 4.90 Å². The van der Waals surface area contributed by atoms with Crippen LogP contribution in [0.5, 0.6) is 0 Å². The van der Waals surface area contributed by atoms with Crippen LogP contribution in [0, 0.1) is 11.3 Å². The second-order valence-corrected chi connectivity index (χ2v) is 4.43. The highest BCUT2D eigenvalue weighted by atomic mass is 16.2. The summed E-state index contributed by atoms with van der Waals surface area (Å²) in [7, 11) is 1.68. The molecule has 90 valence electrons. The second kappa shape index (κ2) is 4.06. The van der Waals surface area contributed by atoms with E-state index in [0.717, 1.165) is 11.3 Å². The number of nitriles is 1. The predicted octanol–water partition coefficient (Wildman–Crippen LogP) is 2.10. The molecule has 0 aliphatic carbocycles. The lowest BCUT2D eigenvalue weighted by Gasteiger charge is -2.20. The van der Waals surface area contributed by atoms with E-state index in [2.05, 4.69) is 10.0 Å². The van der Waals surface area contributed by atoms with E-state index in [0.29, 0.717) is 5.56 Å². The SMILES string of the molecule is CN1C(=O)C(C)(CN=[N+]=[N-])c2cc(C#N)ccc21. The number of hydrogen-bond donors (Lipinski definition) is 0. The topological polar surface area (TPSA) is 92.9 Å². The van der Waals surface area contributed by atoms with Crippen LogP contribution in [0.2, 0.25) is 0 Å². The summed E-state index contributed by atoms with van der Waals surface area (Å²) in [4.78, 5) is 16.5. The molecule has 0 aromatic heterocycles. The number of carbonyl (C=O) groups is 1. The van der Waals surface area contributed by atoms with Crippen molar-refractivity contribution in [2.24, 2.45) is 5.11 Å². The third kappa shape index (κ3) is 1.50. The van der Waals surface area contributed by atoms with Gasteiger partial charge in [-0.2, -0.15) is 5.26 Å². The molecule has 0 spiro atoms. The molecular formula is C12H11N5O. The zero-order valence-corrected chi connectivity index (χ0v) is 10.1. The Morgan fingerprint density at radius 2 is 2.33 bits per heavy atom. The molecule has 1 aliphatic heterocycles. The maximum Gasteiger partial charge on any atom is 0.237 e. The first-order chi connectivity index (χ1) is 8.54. The Bertz CT molecular complexity index is 611.